The van der Waals surface area contributed by atoms with Gasteiger partial charge in [0.15, 0.2) is 0 Å². The molecule has 0 saturated carbocycles. The van der Waals surface area contributed by atoms with E-state index in [0.717, 1.165) is 0 Å². The van der Waals surface area contributed by atoms with Crippen LogP contribution in [0.25, 0.3) is 0 Å². The van der Waals surface area contributed by atoms with Crippen LogP contribution < -0.4 is 16.6 Å². The molecule has 0 saturated heterocycles. The molecule has 0 aliphatic carbocycles. The highest BCUT2D eigenvalue weighted by Gasteiger charge is 2.05. The second-order valence-electron chi connectivity index (χ2n) is 1.83. The van der Waals surface area contributed by atoms with Crippen LogP contribution in [0.1, 0.15) is 0 Å². The number of carbonyl (C=O) groups is 1. The van der Waals surface area contributed by atoms with Crippen molar-refractivity contribution < 1.29 is 4.79 Å². The molecule has 0 aromatic heterocycles. The van der Waals surface area contributed by atoms with Crippen molar-refractivity contribution in [2.24, 2.45) is 5.73 Å². The van der Waals surface area contributed by atoms with E-state index in [1.807, 2.05) is 0 Å². The number of carbonyl (C=O) groups excluding carboxylic acids is 1. The zero-order chi connectivity index (χ0) is 6.69. The van der Waals surface area contributed by atoms with E-state index in [-0.39, 0.29) is 5.91 Å². The van der Waals surface area contributed by atoms with Gasteiger partial charge in [-0.15, -0.1) is 0 Å². The van der Waals surface area contributed by atoms with Gasteiger partial charge >= 0.3 is 0 Å². The molecule has 1 aliphatic rings. The molecule has 1 aliphatic heterocycles. The Labute approximate surface area is 53.1 Å². The van der Waals surface area contributed by atoms with E-state index in [1.165, 1.54) is 0 Å². The number of hydrazine groups is 1. The van der Waals surface area contributed by atoms with Gasteiger partial charge in [-0.2, -0.15) is 0 Å². The highest BCUT2D eigenvalue weighted by Crippen LogP contribution is 1.91. The van der Waals surface area contributed by atoms with Crippen molar-refractivity contribution in [3.05, 3.63) is 11.6 Å². The van der Waals surface area contributed by atoms with Crippen LogP contribution in [0.4, 0.5) is 0 Å². The van der Waals surface area contributed by atoms with Crippen LogP contribution in [-0.2, 0) is 4.79 Å². The van der Waals surface area contributed by atoms with Crippen LogP contribution in [0.15, 0.2) is 11.6 Å². The van der Waals surface area contributed by atoms with Gasteiger partial charge in [0.1, 0.15) is 0 Å². The Hall–Kier alpha value is -0.870. The Morgan fingerprint density at radius 3 is 2.78 bits per heavy atom. The molecule has 4 heteroatoms. The summed E-state index contributed by atoms with van der Waals surface area (Å²) in [5, 5.41) is 0. The largest absolute Gasteiger partial charge is 0.366 e. The summed E-state index contributed by atoms with van der Waals surface area (Å²) >= 11 is 0. The minimum atomic E-state index is -0.344. The molecular weight excluding hydrogens is 118 g/mol. The molecule has 0 aromatic carbocycles. The number of rotatable bonds is 1. The topological polar surface area (TPSA) is 67.2 Å². The van der Waals surface area contributed by atoms with Crippen LogP contribution in [0.2, 0.25) is 0 Å². The maximum Gasteiger partial charge on any atom is 0.245 e. The van der Waals surface area contributed by atoms with Gasteiger partial charge in [0.2, 0.25) is 5.91 Å². The fourth-order valence-electron chi connectivity index (χ4n) is 0.664. The summed E-state index contributed by atoms with van der Waals surface area (Å²) in [5.41, 5.74) is 11.3. The molecule has 0 spiro atoms. The lowest BCUT2D eigenvalue weighted by atomic mass is 10.2. The molecule has 0 aromatic rings. The zero-order valence-electron chi connectivity index (χ0n) is 4.98. The second-order valence-corrected chi connectivity index (χ2v) is 1.83. The van der Waals surface area contributed by atoms with Gasteiger partial charge < -0.3 is 5.73 Å². The van der Waals surface area contributed by atoms with Gasteiger partial charge in [-0.3, -0.25) is 15.6 Å². The Bertz CT molecular complexity index is 152. The third-order valence-corrected chi connectivity index (χ3v) is 1.17. The van der Waals surface area contributed by atoms with Crippen LogP contribution in [0.3, 0.4) is 0 Å². The second kappa shape index (κ2) is 2.61. The fraction of sp³-hybridized carbons (Fsp3) is 0.400. The minimum absolute atomic E-state index is 0.344. The molecule has 0 radical (unpaired) electrons. The standard InChI is InChI=1S/C5H9N3O/c6-5(9)4-1-2-7-8-3-4/h1,7-8H,2-3H2,(H2,6,9). The van der Waals surface area contributed by atoms with Crippen molar-refractivity contribution in [1.29, 1.82) is 0 Å². The zero-order valence-corrected chi connectivity index (χ0v) is 4.98. The number of hydrogen-bond acceptors (Lipinski definition) is 3. The van der Waals surface area contributed by atoms with Crippen molar-refractivity contribution in [2.45, 2.75) is 0 Å². The fourth-order valence-corrected chi connectivity index (χ4v) is 0.664. The molecule has 4 nitrogen and oxygen atoms in total. The summed E-state index contributed by atoms with van der Waals surface area (Å²) in [6.45, 7) is 1.19. The Balaban J connectivity index is 2.57. The van der Waals surface area contributed by atoms with E-state index in [2.05, 4.69) is 10.9 Å². The molecule has 1 amide bonds. The van der Waals surface area contributed by atoms with Crippen LogP contribution in [-0.4, -0.2) is 19.0 Å². The van der Waals surface area contributed by atoms with Crippen molar-refractivity contribution in [1.82, 2.24) is 10.9 Å². The predicted octanol–water partition coefficient (Wildman–Crippen LogP) is -1.49. The summed E-state index contributed by atoms with van der Waals surface area (Å²) in [6, 6.07) is 0. The highest BCUT2D eigenvalue weighted by atomic mass is 16.1. The number of nitrogens with one attached hydrogen (secondary N) is 2. The summed E-state index contributed by atoms with van der Waals surface area (Å²) in [4.78, 5) is 10.4. The van der Waals surface area contributed by atoms with Crippen LogP contribution >= 0.6 is 0 Å². The van der Waals surface area contributed by atoms with E-state index in [0.29, 0.717) is 18.7 Å². The number of hydrogen-bond donors (Lipinski definition) is 3. The first-order valence-corrected chi connectivity index (χ1v) is 2.75. The molecule has 0 unspecified atom stereocenters. The van der Waals surface area contributed by atoms with Crippen molar-refractivity contribution in [2.75, 3.05) is 13.1 Å². The van der Waals surface area contributed by atoms with E-state index < -0.39 is 0 Å². The van der Waals surface area contributed by atoms with E-state index >= 15 is 0 Å². The maximum atomic E-state index is 10.4. The Kier molecular flexibility index (Phi) is 1.81. The van der Waals surface area contributed by atoms with E-state index in [1.54, 1.807) is 6.08 Å². The molecule has 1 heterocycles. The lowest BCUT2D eigenvalue weighted by molar-refractivity contribution is -0.114. The third kappa shape index (κ3) is 1.51. The lowest BCUT2D eigenvalue weighted by Gasteiger charge is -2.11. The molecule has 0 fully saturated rings. The average molecular weight is 127 g/mol. The molecule has 9 heavy (non-hydrogen) atoms. The summed E-state index contributed by atoms with van der Waals surface area (Å²) in [7, 11) is 0. The monoisotopic (exact) mass is 127 g/mol. The minimum Gasteiger partial charge on any atom is -0.366 e. The molecule has 1 rings (SSSR count). The van der Waals surface area contributed by atoms with Gasteiger partial charge in [-0.25, -0.2) is 0 Å². The van der Waals surface area contributed by atoms with Crippen molar-refractivity contribution in [3.8, 4) is 0 Å². The van der Waals surface area contributed by atoms with Gasteiger partial charge in [-0.05, 0) is 0 Å². The first kappa shape index (κ1) is 6.25. The molecule has 0 bridgehead atoms. The van der Waals surface area contributed by atoms with E-state index in [9.17, 15) is 4.79 Å². The van der Waals surface area contributed by atoms with Gasteiger partial charge in [0.25, 0.3) is 0 Å². The molecular formula is C5H9N3O. The average Bonchev–Trinajstić information content (AvgIpc) is 1.90. The smallest absolute Gasteiger partial charge is 0.245 e. The molecule has 0 atom stereocenters. The number of amides is 1. The SMILES string of the molecule is NC(=O)C1=CCNNC1. The lowest BCUT2D eigenvalue weighted by Crippen LogP contribution is -2.40. The highest BCUT2D eigenvalue weighted by molar-refractivity contribution is 5.92. The predicted molar refractivity (Wildman–Crippen MR) is 33.3 cm³/mol. The number of nitrogens with two attached hydrogens (primary N) is 1. The summed E-state index contributed by atoms with van der Waals surface area (Å²) in [5.74, 6) is -0.344. The molecule has 50 valence electrons. The quantitative estimate of drug-likeness (QED) is 0.402. The first-order valence-electron chi connectivity index (χ1n) is 2.75. The van der Waals surface area contributed by atoms with Crippen molar-refractivity contribution in [3.63, 3.8) is 0 Å². The number of primary amides is 1. The third-order valence-electron chi connectivity index (χ3n) is 1.17. The van der Waals surface area contributed by atoms with Gasteiger partial charge in [0, 0.05) is 18.7 Å². The Morgan fingerprint density at radius 1 is 1.67 bits per heavy atom. The summed E-state index contributed by atoms with van der Waals surface area (Å²) < 4.78 is 0. The Morgan fingerprint density at radius 2 is 2.44 bits per heavy atom. The van der Waals surface area contributed by atoms with Crippen LogP contribution in [0, 0.1) is 0 Å². The maximum absolute atomic E-state index is 10.4. The summed E-state index contributed by atoms with van der Waals surface area (Å²) in [6.07, 6.45) is 1.78. The van der Waals surface area contributed by atoms with Crippen LogP contribution in [0.5, 0.6) is 0 Å². The first-order chi connectivity index (χ1) is 4.30. The molecule has 4 N–H and O–H groups in total. The van der Waals surface area contributed by atoms with E-state index in [4.69, 9.17) is 5.73 Å². The van der Waals surface area contributed by atoms with Crippen molar-refractivity contribution >= 4 is 5.91 Å². The normalized spacial score (nSPS) is 18.9. The van der Waals surface area contributed by atoms with Gasteiger partial charge in [-0.1, -0.05) is 6.08 Å². The van der Waals surface area contributed by atoms with Gasteiger partial charge in [0.05, 0.1) is 0 Å².